The van der Waals surface area contributed by atoms with Crippen molar-refractivity contribution in [3.63, 3.8) is 0 Å². The fourth-order valence-corrected chi connectivity index (χ4v) is 2.84. The maximum absolute atomic E-state index is 13.8. The van der Waals surface area contributed by atoms with E-state index < -0.39 is 12.1 Å². The van der Waals surface area contributed by atoms with Crippen LogP contribution in [0.5, 0.6) is 0 Å². The van der Waals surface area contributed by atoms with E-state index in [0.717, 1.165) is 25.1 Å². The summed E-state index contributed by atoms with van der Waals surface area (Å²) in [5, 5.41) is 0. The molecule has 0 N–H and O–H groups in total. The summed E-state index contributed by atoms with van der Waals surface area (Å²) in [7, 11) is 5.22. The molecule has 1 aliphatic rings. The van der Waals surface area contributed by atoms with Crippen molar-refractivity contribution in [2.45, 2.75) is 25.1 Å². The summed E-state index contributed by atoms with van der Waals surface area (Å²) in [5.41, 5.74) is 2.31. The Morgan fingerprint density at radius 2 is 2.29 bits per heavy atom. The summed E-state index contributed by atoms with van der Waals surface area (Å²) in [4.78, 5) is 15.3. The molecule has 0 radical (unpaired) electrons. The van der Waals surface area contributed by atoms with Gasteiger partial charge in [-0.3, -0.25) is 4.90 Å². The first-order chi connectivity index (χ1) is 10.0. The molecule has 0 aromatic heterocycles. The molecule has 1 fully saturated rings. The lowest BCUT2D eigenvalue weighted by atomic mass is 10.0. The lowest BCUT2D eigenvalue weighted by Crippen LogP contribution is -2.34. The largest absolute Gasteiger partial charge is 0.467 e. The molecule has 5 heteroatoms. The second-order valence-electron chi connectivity index (χ2n) is 5.63. The molecule has 4 nitrogen and oxygen atoms in total. The van der Waals surface area contributed by atoms with Crippen LogP contribution >= 0.6 is 0 Å². The van der Waals surface area contributed by atoms with Gasteiger partial charge in [0.1, 0.15) is 0 Å². The Morgan fingerprint density at radius 3 is 2.95 bits per heavy atom. The number of rotatable bonds is 5. The van der Waals surface area contributed by atoms with Crippen LogP contribution in [0.3, 0.4) is 0 Å². The van der Waals surface area contributed by atoms with Crippen LogP contribution in [0.25, 0.3) is 0 Å². The third-order valence-corrected chi connectivity index (χ3v) is 3.99. The van der Waals surface area contributed by atoms with Gasteiger partial charge < -0.3 is 9.64 Å². The lowest BCUT2D eigenvalue weighted by molar-refractivity contribution is -0.147. The number of esters is 1. The predicted octanol–water partition coefficient (Wildman–Crippen LogP) is 2.40. The molecule has 1 aromatic carbocycles. The zero-order chi connectivity index (χ0) is 15.4. The second-order valence-corrected chi connectivity index (χ2v) is 5.63. The SMILES string of the molecule is COC(=O)[C@H](F)CN1CCC[C@@H]1c1cccc(N(C)C)c1. The number of nitrogens with zero attached hydrogens (tertiary/aromatic N) is 2. The van der Waals surface area contributed by atoms with Crippen LogP contribution in [0, 0.1) is 0 Å². The number of carbonyl (C=O) groups is 1. The highest BCUT2D eigenvalue weighted by Gasteiger charge is 2.30. The van der Waals surface area contributed by atoms with Crippen LogP contribution in [0.2, 0.25) is 0 Å². The van der Waals surface area contributed by atoms with Crippen LogP contribution in [-0.2, 0) is 9.53 Å². The Bertz CT molecular complexity index is 493. The average molecular weight is 294 g/mol. The summed E-state index contributed by atoms with van der Waals surface area (Å²) >= 11 is 0. The quantitative estimate of drug-likeness (QED) is 0.781. The Morgan fingerprint density at radius 1 is 1.52 bits per heavy atom. The molecule has 0 saturated carbocycles. The molecule has 1 saturated heterocycles. The fraction of sp³-hybridized carbons (Fsp3) is 0.562. The lowest BCUT2D eigenvalue weighted by Gasteiger charge is -2.26. The van der Waals surface area contributed by atoms with E-state index in [1.807, 2.05) is 25.1 Å². The second kappa shape index (κ2) is 6.89. The maximum Gasteiger partial charge on any atom is 0.341 e. The van der Waals surface area contributed by atoms with Crippen molar-refractivity contribution < 1.29 is 13.9 Å². The minimum Gasteiger partial charge on any atom is -0.467 e. The first-order valence-corrected chi connectivity index (χ1v) is 7.26. The van der Waals surface area contributed by atoms with E-state index in [9.17, 15) is 9.18 Å². The normalized spacial score (nSPS) is 20.3. The predicted molar refractivity (Wildman–Crippen MR) is 81.2 cm³/mol. The van der Waals surface area contributed by atoms with Gasteiger partial charge in [0.05, 0.1) is 7.11 Å². The molecule has 0 unspecified atom stereocenters. The van der Waals surface area contributed by atoms with Crippen molar-refractivity contribution in [1.29, 1.82) is 0 Å². The number of anilines is 1. The molecule has 1 aromatic rings. The molecule has 2 atom stereocenters. The topological polar surface area (TPSA) is 32.8 Å². The number of ether oxygens (including phenoxy) is 1. The third kappa shape index (κ3) is 3.73. The molecule has 116 valence electrons. The van der Waals surface area contributed by atoms with Crippen molar-refractivity contribution in [2.24, 2.45) is 0 Å². The van der Waals surface area contributed by atoms with Crippen molar-refractivity contribution in [3.05, 3.63) is 29.8 Å². The molecule has 21 heavy (non-hydrogen) atoms. The molecular weight excluding hydrogens is 271 g/mol. The van der Waals surface area contributed by atoms with Gasteiger partial charge in [-0.1, -0.05) is 12.1 Å². The van der Waals surface area contributed by atoms with Crippen molar-refractivity contribution in [1.82, 2.24) is 4.90 Å². The van der Waals surface area contributed by atoms with Crippen LogP contribution in [-0.4, -0.2) is 51.3 Å². The van der Waals surface area contributed by atoms with E-state index in [1.165, 1.54) is 12.7 Å². The minimum atomic E-state index is -1.58. The van der Waals surface area contributed by atoms with Crippen molar-refractivity contribution in [3.8, 4) is 0 Å². The summed E-state index contributed by atoms with van der Waals surface area (Å²) in [6.45, 7) is 0.914. The molecule has 0 spiro atoms. The zero-order valence-corrected chi connectivity index (χ0v) is 12.9. The first-order valence-electron chi connectivity index (χ1n) is 7.26. The standard InChI is InChI=1S/C16H23FN2O2/c1-18(2)13-7-4-6-12(10-13)15-8-5-9-19(15)11-14(17)16(20)21-3/h4,6-7,10,14-15H,5,8-9,11H2,1-3H3/t14-,15-/m1/s1. The van der Waals surface area contributed by atoms with Crippen molar-refractivity contribution in [2.75, 3.05) is 39.2 Å². The number of benzene rings is 1. The van der Waals surface area contributed by atoms with E-state index in [2.05, 4.69) is 27.8 Å². The monoisotopic (exact) mass is 294 g/mol. The van der Waals surface area contributed by atoms with Crippen LogP contribution in [0.15, 0.2) is 24.3 Å². The van der Waals surface area contributed by atoms with E-state index in [4.69, 9.17) is 0 Å². The van der Waals surface area contributed by atoms with Crippen LogP contribution in [0.4, 0.5) is 10.1 Å². The number of hydrogen-bond donors (Lipinski definition) is 0. The van der Waals surface area contributed by atoms with Gasteiger partial charge in [-0.25, -0.2) is 9.18 Å². The Balaban J connectivity index is 2.11. The summed E-state index contributed by atoms with van der Waals surface area (Å²) in [6.07, 6.45) is 0.433. The highest BCUT2D eigenvalue weighted by atomic mass is 19.1. The fourth-order valence-electron chi connectivity index (χ4n) is 2.84. The van der Waals surface area contributed by atoms with Crippen LogP contribution < -0.4 is 4.90 Å². The minimum absolute atomic E-state index is 0.101. The maximum atomic E-state index is 13.8. The van der Waals surface area contributed by atoms with Crippen LogP contribution in [0.1, 0.15) is 24.4 Å². The number of likely N-dealkylation sites (tertiary alicyclic amines) is 1. The molecule has 2 rings (SSSR count). The molecular formula is C16H23FN2O2. The van der Waals surface area contributed by atoms with Gasteiger partial charge in [-0.15, -0.1) is 0 Å². The molecule has 0 amide bonds. The van der Waals surface area contributed by atoms with Gasteiger partial charge >= 0.3 is 5.97 Å². The van der Waals surface area contributed by atoms with Gasteiger partial charge in [0, 0.05) is 32.4 Å². The number of alkyl halides is 1. The molecule has 0 aliphatic carbocycles. The Labute approximate surface area is 125 Å². The van der Waals surface area contributed by atoms with Gasteiger partial charge in [0.2, 0.25) is 6.17 Å². The number of hydrogen-bond acceptors (Lipinski definition) is 4. The highest BCUT2D eigenvalue weighted by Crippen LogP contribution is 2.33. The number of carbonyl (C=O) groups excluding carboxylic acids is 1. The van der Waals surface area contributed by atoms with Gasteiger partial charge in [-0.05, 0) is 37.1 Å². The van der Waals surface area contributed by atoms with Gasteiger partial charge in [0.15, 0.2) is 0 Å². The van der Waals surface area contributed by atoms with Crippen molar-refractivity contribution >= 4 is 11.7 Å². The van der Waals surface area contributed by atoms with E-state index >= 15 is 0 Å². The average Bonchev–Trinajstić information content (AvgIpc) is 2.94. The molecule has 1 aliphatic heterocycles. The van der Waals surface area contributed by atoms with E-state index in [0.29, 0.717) is 0 Å². The first kappa shape index (κ1) is 15.8. The van der Waals surface area contributed by atoms with E-state index in [-0.39, 0.29) is 12.6 Å². The Kier molecular flexibility index (Phi) is 5.17. The smallest absolute Gasteiger partial charge is 0.341 e. The summed E-state index contributed by atoms with van der Waals surface area (Å²) < 4.78 is 18.3. The number of methoxy groups -OCH3 is 1. The zero-order valence-electron chi connectivity index (χ0n) is 12.9. The number of halogens is 1. The molecule has 1 heterocycles. The summed E-state index contributed by atoms with van der Waals surface area (Å²) in [5.74, 6) is -0.789. The third-order valence-electron chi connectivity index (χ3n) is 3.99. The highest BCUT2D eigenvalue weighted by molar-refractivity contribution is 5.74. The Hall–Kier alpha value is -1.62. The van der Waals surface area contributed by atoms with Gasteiger partial charge in [-0.2, -0.15) is 0 Å². The molecule has 0 bridgehead atoms. The van der Waals surface area contributed by atoms with Gasteiger partial charge in [0.25, 0.3) is 0 Å². The van der Waals surface area contributed by atoms with E-state index in [1.54, 1.807) is 0 Å². The summed E-state index contributed by atoms with van der Waals surface area (Å²) in [6, 6.07) is 8.45.